The topological polar surface area (TPSA) is 91.0 Å². The van der Waals surface area contributed by atoms with Crippen molar-refractivity contribution in [3.8, 4) is 0 Å². The molecule has 0 aromatic heterocycles. The van der Waals surface area contributed by atoms with Crippen LogP contribution in [0.15, 0.2) is 18.2 Å². The highest BCUT2D eigenvalue weighted by molar-refractivity contribution is 6.02. The van der Waals surface area contributed by atoms with Gasteiger partial charge >= 0.3 is 12.0 Å². The number of urea groups is 1. The standard InChI is InChI=1S/C20H28N4O4/c1-2-28-18(25)14-21-20(27)22-15-7-8-17(23-9-3-4-10-23)16(13-15)19(26)24-11-5-6-12-24/h7-8,13H,2-6,9-12,14H2,1H3,(H2,21,22,27). The van der Waals surface area contributed by atoms with Gasteiger partial charge in [-0.15, -0.1) is 0 Å². The van der Waals surface area contributed by atoms with Crippen molar-refractivity contribution in [3.63, 3.8) is 0 Å². The number of ether oxygens (including phenoxy) is 1. The summed E-state index contributed by atoms with van der Waals surface area (Å²) in [6.07, 6.45) is 4.29. The van der Waals surface area contributed by atoms with Gasteiger partial charge in [-0.25, -0.2) is 4.79 Å². The van der Waals surface area contributed by atoms with Crippen LogP contribution in [-0.2, 0) is 9.53 Å². The minimum absolute atomic E-state index is 0.00924. The van der Waals surface area contributed by atoms with Gasteiger partial charge in [0.05, 0.1) is 12.2 Å². The highest BCUT2D eigenvalue weighted by Crippen LogP contribution is 2.29. The summed E-state index contributed by atoms with van der Waals surface area (Å²) in [6, 6.07) is 4.91. The number of anilines is 2. The van der Waals surface area contributed by atoms with E-state index in [0.717, 1.165) is 57.5 Å². The molecule has 8 nitrogen and oxygen atoms in total. The zero-order valence-corrected chi connectivity index (χ0v) is 16.3. The van der Waals surface area contributed by atoms with Gasteiger partial charge in [-0.05, 0) is 50.8 Å². The fourth-order valence-electron chi connectivity index (χ4n) is 3.65. The summed E-state index contributed by atoms with van der Waals surface area (Å²) in [5, 5.41) is 5.15. The molecule has 0 saturated carbocycles. The van der Waals surface area contributed by atoms with E-state index < -0.39 is 12.0 Å². The molecular formula is C20H28N4O4. The van der Waals surface area contributed by atoms with Crippen molar-refractivity contribution in [1.29, 1.82) is 0 Å². The average molecular weight is 388 g/mol. The highest BCUT2D eigenvalue weighted by Gasteiger charge is 2.25. The second-order valence-corrected chi connectivity index (χ2v) is 7.04. The summed E-state index contributed by atoms with van der Waals surface area (Å²) in [5.74, 6) is -0.484. The first-order valence-corrected chi connectivity index (χ1v) is 9.97. The first-order valence-electron chi connectivity index (χ1n) is 9.97. The summed E-state index contributed by atoms with van der Waals surface area (Å²) < 4.78 is 4.79. The Bertz CT molecular complexity index is 725. The lowest BCUT2D eigenvalue weighted by Crippen LogP contribution is -2.34. The molecule has 0 unspecified atom stereocenters. The minimum atomic E-state index is -0.512. The predicted molar refractivity (Wildman–Crippen MR) is 107 cm³/mol. The van der Waals surface area contributed by atoms with Gasteiger partial charge in [0.25, 0.3) is 5.91 Å². The largest absolute Gasteiger partial charge is 0.465 e. The Morgan fingerprint density at radius 1 is 1.04 bits per heavy atom. The number of hydrogen-bond acceptors (Lipinski definition) is 5. The molecule has 0 spiro atoms. The van der Waals surface area contributed by atoms with Gasteiger partial charge in [-0.2, -0.15) is 0 Å². The van der Waals surface area contributed by atoms with Crippen molar-refractivity contribution in [2.45, 2.75) is 32.6 Å². The number of hydrogen-bond donors (Lipinski definition) is 2. The van der Waals surface area contributed by atoms with Crippen molar-refractivity contribution in [2.75, 3.05) is 49.5 Å². The summed E-state index contributed by atoms with van der Waals surface area (Å²) in [5.41, 5.74) is 2.06. The summed E-state index contributed by atoms with van der Waals surface area (Å²) >= 11 is 0. The van der Waals surface area contributed by atoms with E-state index in [1.54, 1.807) is 19.1 Å². The number of likely N-dealkylation sites (tertiary alicyclic amines) is 1. The molecule has 3 rings (SSSR count). The number of amides is 3. The van der Waals surface area contributed by atoms with E-state index in [-0.39, 0.29) is 19.1 Å². The zero-order valence-electron chi connectivity index (χ0n) is 16.3. The molecule has 2 aliphatic rings. The molecular weight excluding hydrogens is 360 g/mol. The molecule has 3 amide bonds. The van der Waals surface area contributed by atoms with Crippen molar-refractivity contribution in [3.05, 3.63) is 23.8 Å². The summed E-state index contributed by atoms with van der Waals surface area (Å²) in [6.45, 7) is 5.19. The normalized spacial score (nSPS) is 16.2. The lowest BCUT2D eigenvalue weighted by Gasteiger charge is -2.24. The Morgan fingerprint density at radius 3 is 2.39 bits per heavy atom. The third-order valence-electron chi connectivity index (χ3n) is 5.02. The van der Waals surface area contributed by atoms with Crippen LogP contribution >= 0.6 is 0 Å². The quantitative estimate of drug-likeness (QED) is 0.729. The SMILES string of the molecule is CCOC(=O)CNC(=O)Nc1ccc(N2CCCC2)c(C(=O)N2CCCC2)c1. The van der Waals surface area contributed by atoms with Gasteiger partial charge < -0.3 is 25.2 Å². The Kier molecular flexibility index (Phi) is 6.73. The van der Waals surface area contributed by atoms with Crippen LogP contribution in [0.5, 0.6) is 0 Å². The molecule has 2 saturated heterocycles. The van der Waals surface area contributed by atoms with Crippen LogP contribution in [0.4, 0.5) is 16.2 Å². The second kappa shape index (κ2) is 9.43. The third-order valence-corrected chi connectivity index (χ3v) is 5.02. The van der Waals surface area contributed by atoms with E-state index in [9.17, 15) is 14.4 Å². The summed E-state index contributed by atoms with van der Waals surface area (Å²) in [4.78, 5) is 40.6. The molecule has 8 heteroatoms. The second-order valence-electron chi connectivity index (χ2n) is 7.04. The number of carbonyl (C=O) groups excluding carboxylic acids is 3. The molecule has 152 valence electrons. The molecule has 0 radical (unpaired) electrons. The number of nitrogens with zero attached hydrogens (tertiary/aromatic N) is 2. The predicted octanol–water partition coefficient (Wildman–Crippen LogP) is 2.21. The molecule has 0 bridgehead atoms. The summed E-state index contributed by atoms with van der Waals surface area (Å²) in [7, 11) is 0. The number of rotatable bonds is 6. The molecule has 2 heterocycles. The Morgan fingerprint density at radius 2 is 1.71 bits per heavy atom. The van der Waals surface area contributed by atoms with Crippen molar-refractivity contribution >= 4 is 29.3 Å². The van der Waals surface area contributed by atoms with Crippen LogP contribution in [0.1, 0.15) is 43.0 Å². The van der Waals surface area contributed by atoms with Crippen LogP contribution in [0.2, 0.25) is 0 Å². The lowest BCUT2D eigenvalue weighted by atomic mass is 10.1. The number of nitrogens with one attached hydrogen (secondary N) is 2. The lowest BCUT2D eigenvalue weighted by molar-refractivity contribution is -0.141. The monoisotopic (exact) mass is 388 g/mol. The number of benzene rings is 1. The van der Waals surface area contributed by atoms with E-state index in [1.165, 1.54) is 0 Å². The molecule has 1 aromatic rings. The molecule has 2 N–H and O–H groups in total. The maximum Gasteiger partial charge on any atom is 0.325 e. The van der Waals surface area contributed by atoms with Crippen LogP contribution in [-0.4, -0.2) is 62.1 Å². The zero-order chi connectivity index (χ0) is 19.9. The van der Waals surface area contributed by atoms with Gasteiger partial charge in [0.2, 0.25) is 0 Å². The van der Waals surface area contributed by atoms with Crippen molar-refractivity contribution in [2.24, 2.45) is 0 Å². The minimum Gasteiger partial charge on any atom is -0.465 e. The first kappa shape index (κ1) is 20.0. The molecule has 28 heavy (non-hydrogen) atoms. The van der Waals surface area contributed by atoms with E-state index in [4.69, 9.17) is 4.74 Å². The van der Waals surface area contributed by atoms with Crippen LogP contribution < -0.4 is 15.5 Å². The van der Waals surface area contributed by atoms with E-state index in [0.29, 0.717) is 11.3 Å². The Labute approximate surface area is 165 Å². The fraction of sp³-hybridized carbons (Fsp3) is 0.550. The van der Waals surface area contributed by atoms with Crippen LogP contribution in [0.25, 0.3) is 0 Å². The third kappa shape index (κ3) is 4.94. The number of carbonyl (C=O) groups is 3. The smallest absolute Gasteiger partial charge is 0.325 e. The first-order chi connectivity index (χ1) is 13.6. The van der Waals surface area contributed by atoms with Crippen molar-refractivity contribution in [1.82, 2.24) is 10.2 Å². The molecule has 2 fully saturated rings. The van der Waals surface area contributed by atoms with Gasteiger partial charge in [-0.1, -0.05) is 0 Å². The van der Waals surface area contributed by atoms with E-state index in [1.807, 2.05) is 11.0 Å². The maximum absolute atomic E-state index is 13.1. The fourth-order valence-corrected chi connectivity index (χ4v) is 3.65. The molecule has 0 atom stereocenters. The van der Waals surface area contributed by atoms with Gasteiger partial charge in [0.1, 0.15) is 6.54 Å². The van der Waals surface area contributed by atoms with Crippen molar-refractivity contribution < 1.29 is 19.1 Å². The van der Waals surface area contributed by atoms with Crippen LogP contribution in [0, 0.1) is 0 Å². The molecule has 1 aromatic carbocycles. The molecule has 0 aliphatic carbocycles. The van der Waals surface area contributed by atoms with E-state index >= 15 is 0 Å². The Balaban J connectivity index is 1.73. The van der Waals surface area contributed by atoms with Crippen LogP contribution in [0.3, 0.4) is 0 Å². The van der Waals surface area contributed by atoms with Gasteiger partial charge in [-0.3, -0.25) is 9.59 Å². The average Bonchev–Trinajstić information content (AvgIpc) is 3.40. The maximum atomic E-state index is 13.1. The molecule has 2 aliphatic heterocycles. The van der Waals surface area contributed by atoms with Gasteiger partial charge in [0, 0.05) is 37.6 Å². The number of esters is 1. The Hall–Kier alpha value is -2.77. The van der Waals surface area contributed by atoms with Gasteiger partial charge in [0.15, 0.2) is 0 Å². The highest BCUT2D eigenvalue weighted by atomic mass is 16.5. The van der Waals surface area contributed by atoms with E-state index in [2.05, 4.69) is 15.5 Å².